The molecule has 1 saturated carbocycles. The molecule has 1 fully saturated rings. The first-order valence-electron chi connectivity index (χ1n) is 10.5. The van der Waals surface area contributed by atoms with E-state index in [-0.39, 0.29) is 28.2 Å². The number of hydrogen-bond donors (Lipinski definition) is 2. The van der Waals surface area contributed by atoms with Crippen molar-refractivity contribution in [1.29, 1.82) is 0 Å². The molecule has 2 aromatic carbocycles. The Kier molecular flexibility index (Phi) is 7.69. The molecule has 7 nitrogen and oxygen atoms in total. The van der Waals surface area contributed by atoms with Crippen LogP contribution in [0.15, 0.2) is 47.4 Å². The van der Waals surface area contributed by atoms with E-state index in [1.165, 1.54) is 24.8 Å². The molecule has 1 aliphatic rings. The summed E-state index contributed by atoms with van der Waals surface area (Å²) in [5, 5.41) is 2.83. The number of carbonyl (C=O) groups is 1. The highest BCUT2D eigenvalue weighted by Gasteiger charge is 2.26. The van der Waals surface area contributed by atoms with Crippen LogP contribution in [0.2, 0.25) is 0 Å². The van der Waals surface area contributed by atoms with Gasteiger partial charge in [-0.05, 0) is 69.3 Å². The molecule has 0 saturated heterocycles. The maximum absolute atomic E-state index is 12.9. The fourth-order valence-corrected chi connectivity index (χ4v) is 5.17. The van der Waals surface area contributed by atoms with Crippen LogP contribution in [0.4, 0.5) is 5.69 Å². The van der Waals surface area contributed by atoms with E-state index in [0.717, 1.165) is 38.6 Å². The summed E-state index contributed by atoms with van der Waals surface area (Å²) in [6.45, 7) is 0.948. The topological polar surface area (TPSA) is 87.7 Å². The quantitative estimate of drug-likeness (QED) is 0.619. The first-order valence-corrected chi connectivity index (χ1v) is 12.0. The minimum absolute atomic E-state index is 0.0198. The molecular weight excluding hydrogens is 414 g/mol. The lowest BCUT2D eigenvalue weighted by molar-refractivity contribution is 0.102. The van der Waals surface area contributed by atoms with Gasteiger partial charge in [-0.2, -0.15) is 0 Å². The molecule has 31 heavy (non-hydrogen) atoms. The Hall–Kier alpha value is -2.42. The highest BCUT2D eigenvalue weighted by atomic mass is 32.2. The lowest BCUT2D eigenvalue weighted by Gasteiger charge is -2.16. The number of methoxy groups -OCH3 is 1. The van der Waals surface area contributed by atoms with E-state index in [2.05, 4.69) is 14.9 Å². The van der Waals surface area contributed by atoms with E-state index in [4.69, 9.17) is 4.74 Å². The molecule has 0 aliphatic heterocycles. The van der Waals surface area contributed by atoms with E-state index < -0.39 is 10.0 Å². The van der Waals surface area contributed by atoms with E-state index in [9.17, 15) is 13.2 Å². The molecule has 8 heteroatoms. The highest BCUT2D eigenvalue weighted by molar-refractivity contribution is 7.89. The molecule has 1 amide bonds. The summed E-state index contributed by atoms with van der Waals surface area (Å²) in [7, 11) is 1.68. The van der Waals surface area contributed by atoms with Gasteiger partial charge < -0.3 is 15.0 Å². The van der Waals surface area contributed by atoms with Crippen molar-refractivity contribution >= 4 is 21.6 Å². The molecule has 3 rings (SSSR count). The zero-order chi connectivity index (χ0) is 22.4. The number of ether oxygens (including phenoxy) is 1. The predicted octanol–water partition coefficient (Wildman–Crippen LogP) is 3.27. The summed E-state index contributed by atoms with van der Waals surface area (Å²) in [5.74, 6) is -0.159. The third kappa shape index (κ3) is 6.29. The number of benzene rings is 2. The standard InChI is InChI=1S/C23H31N3O4S/c1-26(2)15-14-17-8-11-19(12-9-17)24-23(27)18-10-13-21(30-3)22(16-18)31(28,29)25-20-6-4-5-7-20/h8-13,16,20,25H,4-7,14-15H2,1-3H3,(H,24,27). The minimum Gasteiger partial charge on any atom is -0.495 e. The van der Waals surface area contributed by atoms with Gasteiger partial charge in [0.15, 0.2) is 0 Å². The van der Waals surface area contributed by atoms with Gasteiger partial charge in [-0.1, -0.05) is 25.0 Å². The molecular formula is C23H31N3O4S. The zero-order valence-electron chi connectivity index (χ0n) is 18.3. The van der Waals surface area contributed by atoms with Crippen LogP contribution in [0.3, 0.4) is 0 Å². The maximum Gasteiger partial charge on any atom is 0.255 e. The van der Waals surface area contributed by atoms with E-state index in [1.54, 1.807) is 6.07 Å². The number of hydrogen-bond acceptors (Lipinski definition) is 5. The van der Waals surface area contributed by atoms with Crippen LogP contribution in [-0.4, -0.2) is 53.0 Å². The number of amides is 1. The number of nitrogens with zero attached hydrogens (tertiary/aromatic N) is 1. The largest absolute Gasteiger partial charge is 0.495 e. The molecule has 0 radical (unpaired) electrons. The van der Waals surface area contributed by atoms with Crippen LogP contribution in [-0.2, 0) is 16.4 Å². The number of carbonyl (C=O) groups excluding carboxylic acids is 1. The molecule has 168 valence electrons. The van der Waals surface area contributed by atoms with E-state index in [1.807, 2.05) is 38.4 Å². The summed E-state index contributed by atoms with van der Waals surface area (Å²) in [4.78, 5) is 14.9. The van der Waals surface area contributed by atoms with Crippen molar-refractivity contribution in [3.05, 3.63) is 53.6 Å². The number of anilines is 1. The normalized spacial score (nSPS) is 14.7. The molecule has 2 N–H and O–H groups in total. The number of rotatable bonds is 9. The fourth-order valence-electron chi connectivity index (χ4n) is 3.67. The summed E-state index contributed by atoms with van der Waals surface area (Å²) < 4.78 is 33.8. The van der Waals surface area contributed by atoms with Crippen LogP contribution in [0.25, 0.3) is 0 Å². The second-order valence-electron chi connectivity index (χ2n) is 8.17. The van der Waals surface area contributed by atoms with Gasteiger partial charge in [-0.25, -0.2) is 13.1 Å². The van der Waals surface area contributed by atoms with Gasteiger partial charge in [-0.3, -0.25) is 4.79 Å². The SMILES string of the molecule is COc1ccc(C(=O)Nc2ccc(CCN(C)C)cc2)cc1S(=O)(=O)NC1CCCC1. The minimum atomic E-state index is -3.79. The molecule has 0 unspecified atom stereocenters. The second-order valence-corrected chi connectivity index (χ2v) is 9.86. The van der Waals surface area contributed by atoms with Gasteiger partial charge in [0.05, 0.1) is 7.11 Å². The Labute approximate surface area is 184 Å². The average Bonchev–Trinajstić information content (AvgIpc) is 3.25. The van der Waals surface area contributed by atoms with Gasteiger partial charge in [0, 0.05) is 23.8 Å². The number of nitrogens with one attached hydrogen (secondary N) is 2. The summed E-state index contributed by atoms with van der Waals surface area (Å²) >= 11 is 0. The Morgan fingerprint density at radius 2 is 1.77 bits per heavy atom. The third-order valence-corrected chi connectivity index (χ3v) is 6.99. The van der Waals surface area contributed by atoms with Gasteiger partial charge in [0.25, 0.3) is 5.91 Å². The summed E-state index contributed by atoms with van der Waals surface area (Å²) in [5.41, 5.74) is 2.09. The van der Waals surface area contributed by atoms with E-state index in [0.29, 0.717) is 5.69 Å². The monoisotopic (exact) mass is 445 g/mol. The van der Waals surface area contributed by atoms with Gasteiger partial charge >= 0.3 is 0 Å². The van der Waals surface area contributed by atoms with Crippen molar-refractivity contribution in [3.8, 4) is 5.75 Å². The molecule has 0 atom stereocenters. The van der Waals surface area contributed by atoms with Crippen molar-refractivity contribution in [2.75, 3.05) is 33.1 Å². The zero-order valence-corrected chi connectivity index (χ0v) is 19.2. The molecule has 0 bridgehead atoms. The summed E-state index contributed by atoms with van der Waals surface area (Å²) in [6.07, 6.45) is 4.61. The first-order chi connectivity index (χ1) is 14.8. The van der Waals surface area contributed by atoms with Crippen molar-refractivity contribution < 1.29 is 17.9 Å². The lowest BCUT2D eigenvalue weighted by Crippen LogP contribution is -2.33. The number of sulfonamides is 1. The van der Waals surface area contributed by atoms with Crippen molar-refractivity contribution in [3.63, 3.8) is 0 Å². The molecule has 0 aromatic heterocycles. The van der Waals surface area contributed by atoms with Crippen molar-refractivity contribution in [2.45, 2.75) is 43.0 Å². The van der Waals surface area contributed by atoms with Crippen molar-refractivity contribution in [2.24, 2.45) is 0 Å². The van der Waals surface area contributed by atoms with Gasteiger partial charge in [-0.15, -0.1) is 0 Å². The van der Waals surface area contributed by atoms with Crippen molar-refractivity contribution in [1.82, 2.24) is 9.62 Å². The third-order valence-electron chi connectivity index (χ3n) is 5.45. The lowest BCUT2D eigenvalue weighted by atomic mass is 10.1. The maximum atomic E-state index is 12.9. The summed E-state index contributed by atoms with van der Waals surface area (Å²) in [6, 6.07) is 12.0. The van der Waals surface area contributed by atoms with Crippen LogP contribution >= 0.6 is 0 Å². The predicted molar refractivity (Wildman–Crippen MR) is 122 cm³/mol. The smallest absolute Gasteiger partial charge is 0.255 e. The molecule has 0 spiro atoms. The Morgan fingerprint density at radius 3 is 2.39 bits per heavy atom. The Balaban J connectivity index is 1.74. The molecule has 2 aromatic rings. The second kappa shape index (κ2) is 10.3. The van der Waals surface area contributed by atoms with Gasteiger partial charge in [0.1, 0.15) is 10.6 Å². The fraction of sp³-hybridized carbons (Fsp3) is 0.435. The number of likely N-dealkylation sites (N-methyl/N-ethyl adjacent to an activating group) is 1. The molecule has 0 heterocycles. The van der Waals surface area contributed by atoms with Crippen LogP contribution in [0.5, 0.6) is 5.75 Å². The van der Waals surface area contributed by atoms with Crippen LogP contribution in [0, 0.1) is 0 Å². The average molecular weight is 446 g/mol. The Bertz CT molecular complexity index is 998. The molecule has 1 aliphatic carbocycles. The van der Waals surface area contributed by atoms with E-state index >= 15 is 0 Å². The first kappa shape index (κ1) is 23.2. The van der Waals surface area contributed by atoms with Crippen LogP contribution < -0.4 is 14.8 Å². The Morgan fingerprint density at radius 1 is 1.10 bits per heavy atom. The van der Waals surface area contributed by atoms with Crippen LogP contribution in [0.1, 0.15) is 41.6 Å². The van der Waals surface area contributed by atoms with Gasteiger partial charge in [0.2, 0.25) is 10.0 Å². The highest BCUT2D eigenvalue weighted by Crippen LogP contribution is 2.27.